The highest BCUT2D eigenvalue weighted by atomic mass is 35.5. The molecule has 0 aliphatic heterocycles. The van der Waals surface area contributed by atoms with Crippen molar-refractivity contribution in [2.24, 2.45) is 0 Å². The van der Waals surface area contributed by atoms with E-state index >= 15 is 0 Å². The number of benzene rings is 2. The number of nitrogens with zero attached hydrogens (tertiary/aromatic N) is 3. The second-order valence-electron chi connectivity index (χ2n) is 11.0. The molecule has 0 fully saturated rings. The molecule has 0 aliphatic carbocycles. The Labute approximate surface area is 256 Å². The molecule has 2 aromatic carbocycles. The second-order valence-corrected chi connectivity index (χ2v) is 13.2. The lowest BCUT2D eigenvalue weighted by Gasteiger charge is -2.27. The summed E-state index contributed by atoms with van der Waals surface area (Å²) in [7, 11) is -4.15. The van der Waals surface area contributed by atoms with Gasteiger partial charge in [0, 0.05) is 17.0 Å². The first-order valence-electron chi connectivity index (χ1n) is 14.2. The SMILES string of the molecule is CCOCc1nc2c(N)nc3ccccc3c2n1[C@H](CC)CO[P@@](=O)(N[C@@H](C)C(=O)OC(C)(C)C)Oc1ccc(Cl)cc1. The van der Waals surface area contributed by atoms with E-state index < -0.39 is 25.4 Å². The van der Waals surface area contributed by atoms with Crippen molar-refractivity contribution in [2.45, 2.75) is 72.3 Å². The van der Waals surface area contributed by atoms with Crippen LogP contribution in [0.1, 0.15) is 59.8 Å². The minimum Gasteiger partial charge on any atom is -0.459 e. The predicted molar refractivity (Wildman–Crippen MR) is 168 cm³/mol. The van der Waals surface area contributed by atoms with Crippen molar-refractivity contribution in [2.75, 3.05) is 18.9 Å². The summed E-state index contributed by atoms with van der Waals surface area (Å²) in [6.07, 6.45) is 0.573. The number of nitrogen functional groups attached to an aromatic ring is 1. The van der Waals surface area contributed by atoms with Gasteiger partial charge in [-0.25, -0.2) is 14.5 Å². The molecule has 3 N–H and O–H groups in total. The van der Waals surface area contributed by atoms with Crippen molar-refractivity contribution >= 4 is 53.1 Å². The smallest absolute Gasteiger partial charge is 0.459 e. The number of ether oxygens (including phenoxy) is 2. The number of carbonyl (C=O) groups is 1. The van der Waals surface area contributed by atoms with Crippen molar-refractivity contribution < 1.29 is 27.9 Å². The average Bonchev–Trinajstić information content (AvgIpc) is 3.33. The molecule has 232 valence electrons. The highest BCUT2D eigenvalue weighted by Gasteiger charge is 2.35. The molecule has 0 radical (unpaired) electrons. The molecule has 0 spiro atoms. The fraction of sp³-hybridized carbons (Fsp3) is 0.433. The summed E-state index contributed by atoms with van der Waals surface area (Å²) in [5, 5.41) is 4.10. The first-order valence-corrected chi connectivity index (χ1v) is 16.1. The van der Waals surface area contributed by atoms with Gasteiger partial charge in [-0.15, -0.1) is 0 Å². The summed E-state index contributed by atoms with van der Waals surface area (Å²) in [6, 6.07) is 12.6. The van der Waals surface area contributed by atoms with Crippen molar-refractivity contribution in [3.8, 4) is 5.75 Å². The van der Waals surface area contributed by atoms with Crippen LogP contribution in [0.25, 0.3) is 21.9 Å². The molecule has 4 rings (SSSR count). The highest BCUT2D eigenvalue weighted by molar-refractivity contribution is 7.52. The Balaban J connectivity index is 1.72. The Morgan fingerprint density at radius 1 is 1.12 bits per heavy atom. The van der Waals surface area contributed by atoms with E-state index in [1.165, 1.54) is 6.92 Å². The molecule has 2 aromatic heterocycles. The average molecular weight is 632 g/mol. The number of halogens is 1. The van der Waals surface area contributed by atoms with E-state index in [-0.39, 0.29) is 25.0 Å². The van der Waals surface area contributed by atoms with E-state index in [9.17, 15) is 9.36 Å². The molecule has 0 aliphatic rings. The molecular weight excluding hydrogens is 593 g/mol. The molecule has 0 amide bonds. The summed E-state index contributed by atoms with van der Waals surface area (Å²) < 4.78 is 39.4. The van der Waals surface area contributed by atoms with Crippen LogP contribution in [0.2, 0.25) is 5.02 Å². The first-order chi connectivity index (χ1) is 20.3. The molecule has 4 aromatic rings. The molecule has 43 heavy (non-hydrogen) atoms. The number of carbonyl (C=O) groups excluding carboxylic acids is 1. The third-order valence-corrected chi connectivity index (χ3v) is 8.38. The molecule has 0 saturated carbocycles. The van der Waals surface area contributed by atoms with Gasteiger partial charge in [0.25, 0.3) is 0 Å². The molecule has 2 heterocycles. The van der Waals surface area contributed by atoms with Crippen molar-refractivity contribution in [3.63, 3.8) is 0 Å². The maximum Gasteiger partial charge on any atom is 0.459 e. The zero-order valence-electron chi connectivity index (χ0n) is 25.3. The molecule has 0 saturated heterocycles. The fourth-order valence-corrected chi connectivity index (χ4v) is 6.17. The topological polar surface area (TPSA) is 140 Å². The number of esters is 1. The number of nitrogens with one attached hydrogen (secondary N) is 1. The summed E-state index contributed by atoms with van der Waals surface area (Å²) in [6.45, 7) is 11.3. The van der Waals surface area contributed by atoms with Crippen molar-refractivity contribution in [3.05, 3.63) is 59.4 Å². The molecule has 0 unspecified atom stereocenters. The molecule has 3 atom stereocenters. The van der Waals surface area contributed by atoms with Gasteiger partial charge in [0.1, 0.15) is 35.3 Å². The van der Waals surface area contributed by atoms with E-state index in [4.69, 9.17) is 40.8 Å². The Hall–Kier alpha value is -3.21. The molecule has 11 nitrogen and oxygen atoms in total. The number of imidazole rings is 1. The Morgan fingerprint density at radius 2 is 1.81 bits per heavy atom. The van der Waals surface area contributed by atoms with E-state index in [0.29, 0.717) is 35.2 Å². The monoisotopic (exact) mass is 631 g/mol. The van der Waals surface area contributed by atoms with Gasteiger partial charge in [-0.05, 0) is 71.4 Å². The number of para-hydroxylation sites is 1. The predicted octanol–water partition coefficient (Wildman–Crippen LogP) is 6.83. The van der Waals surface area contributed by atoms with Gasteiger partial charge >= 0.3 is 13.7 Å². The van der Waals surface area contributed by atoms with Crippen LogP contribution in [-0.4, -0.2) is 45.4 Å². The van der Waals surface area contributed by atoms with E-state index in [1.54, 1.807) is 45.0 Å². The van der Waals surface area contributed by atoms with Crippen LogP contribution in [0.15, 0.2) is 48.5 Å². The fourth-order valence-electron chi connectivity index (χ4n) is 4.52. The van der Waals surface area contributed by atoms with Crippen LogP contribution in [0.5, 0.6) is 5.75 Å². The number of hydrogen-bond donors (Lipinski definition) is 2. The summed E-state index contributed by atoms with van der Waals surface area (Å²) in [5.41, 5.74) is 7.66. The maximum atomic E-state index is 14.2. The van der Waals surface area contributed by atoms with Crippen LogP contribution < -0.4 is 15.3 Å². The lowest BCUT2D eigenvalue weighted by atomic mass is 10.1. The van der Waals surface area contributed by atoms with Gasteiger partial charge in [0.15, 0.2) is 5.82 Å². The Morgan fingerprint density at radius 3 is 2.47 bits per heavy atom. The van der Waals surface area contributed by atoms with Gasteiger partial charge < -0.3 is 24.3 Å². The normalized spacial score (nSPS) is 14.9. The minimum absolute atomic E-state index is 0.0590. The molecular formula is C30H39ClN5O6P. The van der Waals surface area contributed by atoms with Crippen LogP contribution in [0.3, 0.4) is 0 Å². The van der Waals surface area contributed by atoms with Gasteiger partial charge in [0.05, 0.1) is 23.7 Å². The number of nitrogens with two attached hydrogens (primary N) is 1. The number of hydrogen-bond acceptors (Lipinski definition) is 9. The standard InChI is InChI=1S/C30H39ClN5O6P/c1-7-21(36-25(18-39-8-2)34-26-27(36)23-11-9-10-12-24(23)33-28(26)32)17-40-43(38,42-22-15-13-20(31)14-16-22)35-19(3)29(37)41-30(4,5)6/h9-16,19,21H,7-8,17-18H2,1-6H3,(H2,32,33)(H,35,38)/t19-,21+,43-/m0/s1. The van der Waals surface area contributed by atoms with Crippen LogP contribution in [0.4, 0.5) is 5.82 Å². The van der Waals surface area contributed by atoms with Gasteiger partial charge in [-0.1, -0.05) is 36.7 Å². The summed E-state index contributed by atoms with van der Waals surface area (Å²) >= 11 is 6.04. The maximum absolute atomic E-state index is 14.2. The van der Waals surface area contributed by atoms with E-state index in [2.05, 4.69) is 10.1 Å². The summed E-state index contributed by atoms with van der Waals surface area (Å²) in [4.78, 5) is 22.1. The van der Waals surface area contributed by atoms with Crippen molar-refractivity contribution in [1.29, 1.82) is 0 Å². The van der Waals surface area contributed by atoms with E-state index in [1.807, 2.05) is 42.7 Å². The Kier molecular flexibility index (Phi) is 10.4. The molecule has 13 heteroatoms. The summed E-state index contributed by atoms with van der Waals surface area (Å²) in [5.74, 6) is 0.572. The lowest BCUT2D eigenvalue weighted by Crippen LogP contribution is -2.39. The first kappa shape index (κ1) is 32.7. The number of rotatable bonds is 13. The lowest BCUT2D eigenvalue weighted by molar-refractivity contribution is -0.156. The van der Waals surface area contributed by atoms with Gasteiger partial charge in [-0.2, -0.15) is 5.09 Å². The van der Waals surface area contributed by atoms with Crippen molar-refractivity contribution in [1.82, 2.24) is 19.6 Å². The zero-order chi connectivity index (χ0) is 31.4. The quantitative estimate of drug-likeness (QED) is 0.119. The van der Waals surface area contributed by atoms with Gasteiger partial charge in [0.2, 0.25) is 0 Å². The van der Waals surface area contributed by atoms with Crippen LogP contribution >= 0.6 is 19.3 Å². The van der Waals surface area contributed by atoms with Gasteiger partial charge in [-0.3, -0.25) is 9.32 Å². The van der Waals surface area contributed by atoms with Crippen LogP contribution in [-0.2, 0) is 30.0 Å². The Bertz CT molecular complexity index is 1620. The van der Waals surface area contributed by atoms with Crippen LogP contribution in [0, 0.1) is 0 Å². The number of aromatic nitrogens is 3. The number of anilines is 1. The number of fused-ring (bicyclic) bond motifs is 3. The third-order valence-electron chi connectivity index (χ3n) is 6.49. The zero-order valence-corrected chi connectivity index (χ0v) is 26.9. The largest absolute Gasteiger partial charge is 0.459 e. The van der Waals surface area contributed by atoms with E-state index in [0.717, 1.165) is 16.4 Å². The number of pyridine rings is 1. The highest BCUT2D eigenvalue weighted by Crippen LogP contribution is 2.46. The second kappa shape index (κ2) is 13.6. The third kappa shape index (κ3) is 8.04. The molecule has 0 bridgehead atoms. The minimum atomic E-state index is -4.15.